The van der Waals surface area contributed by atoms with Crippen molar-refractivity contribution >= 4 is 8.32 Å². The lowest BCUT2D eigenvalue weighted by molar-refractivity contribution is -0.289. The highest BCUT2D eigenvalue weighted by Crippen LogP contribution is 2.60. The molecular formula is C34H46F5NO2Si. The fourth-order valence-electron chi connectivity index (χ4n) is 7.05. The molecule has 0 N–H and O–H groups in total. The summed E-state index contributed by atoms with van der Waals surface area (Å²) in [6.45, 7) is 20.0. The molecular weight excluding hydrogens is 577 g/mol. The zero-order valence-corrected chi connectivity index (χ0v) is 27.9. The Morgan fingerprint density at radius 2 is 1.53 bits per heavy atom. The SMILES string of the molecule is CC(C)c1nc2c(c3c1[C@@H](c1ccc(C(F)(F)C(F)(F)F)cc1)OC31CCCC1)C(O[Si](C)(C)C(C)(C)C)CC(C)(C)C2. The number of rotatable bonds is 5. The molecule has 2 aromatic rings. The molecule has 0 amide bonds. The topological polar surface area (TPSA) is 31.4 Å². The molecule has 1 aliphatic heterocycles. The minimum absolute atomic E-state index is 0.00747. The second kappa shape index (κ2) is 10.3. The van der Waals surface area contributed by atoms with Gasteiger partial charge in [-0.25, -0.2) is 0 Å². The molecule has 1 fully saturated rings. The molecule has 238 valence electrons. The number of alkyl halides is 5. The Morgan fingerprint density at radius 3 is 2.05 bits per heavy atom. The molecule has 1 spiro atoms. The van der Waals surface area contributed by atoms with Gasteiger partial charge in [0.15, 0.2) is 8.32 Å². The molecule has 0 saturated heterocycles. The summed E-state index contributed by atoms with van der Waals surface area (Å²) in [6.07, 6.45) is -1.13. The van der Waals surface area contributed by atoms with Crippen LogP contribution in [0.5, 0.6) is 0 Å². The van der Waals surface area contributed by atoms with Crippen molar-refractivity contribution in [1.29, 1.82) is 0 Å². The van der Waals surface area contributed by atoms with Crippen LogP contribution < -0.4 is 0 Å². The van der Waals surface area contributed by atoms with E-state index in [4.69, 9.17) is 14.1 Å². The molecule has 1 unspecified atom stereocenters. The van der Waals surface area contributed by atoms with Crippen molar-refractivity contribution in [3.8, 4) is 0 Å². The number of pyridine rings is 1. The highest BCUT2D eigenvalue weighted by atomic mass is 28.4. The molecule has 2 atom stereocenters. The fraction of sp³-hybridized carbons (Fsp3) is 0.676. The molecule has 1 aromatic heterocycles. The van der Waals surface area contributed by atoms with Gasteiger partial charge in [0.2, 0.25) is 0 Å². The molecule has 1 aromatic carbocycles. The molecule has 0 bridgehead atoms. The van der Waals surface area contributed by atoms with Crippen molar-refractivity contribution in [1.82, 2.24) is 4.98 Å². The van der Waals surface area contributed by atoms with Gasteiger partial charge in [0.1, 0.15) is 6.10 Å². The van der Waals surface area contributed by atoms with Crippen LogP contribution in [0.4, 0.5) is 22.0 Å². The van der Waals surface area contributed by atoms with Gasteiger partial charge in [-0.1, -0.05) is 85.6 Å². The van der Waals surface area contributed by atoms with E-state index in [1.807, 2.05) is 0 Å². The molecule has 3 aliphatic rings. The molecule has 1 saturated carbocycles. The van der Waals surface area contributed by atoms with Crippen LogP contribution in [0.1, 0.15) is 138 Å². The summed E-state index contributed by atoms with van der Waals surface area (Å²) in [5, 5.41) is 0.00747. The molecule has 2 aliphatic carbocycles. The first kappa shape index (κ1) is 32.5. The first-order valence-corrected chi connectivity index (χ1v) is 18.5. The monoisotopic (exact) mass is 623 g/mol. The predicted octanol–water partition coefficient (Wildman–Crippen LogP) is 10.8. The molecule has 43 heavy (non-hydrogen) atoms. The minimum Gasteiger partial charge on any atom is -0.410 e. The van der Waals surface area contributed by atoms with Crippen molar-refractivity contribution < 1.29 is 31.1 Å². The number of halogens is 5. The summed E-state index contributed by atoms with van der Waals surface area (Å²) in [7, 11) is -2.19. The van der Waals surface area contributed by atoms with Gasteiger partial charge < -0.3 is 9.16 Å². The molecule has 5 rings (SSSR count). The molecule has 9 heteroatoms. The first-order chi connectivity index (χ1) is 19.6. The van der Waals surface area contributed by atoms with Crippen molar-refractivity contribution in [2.45, 2.75) is 141 Å². The Kier molecular flexibility index (Phi) is 7.83. The molecule has 0 radical (unpaired) electrons. The van der Waals surface area contributed by atoms with Crippen LogP contribution in [0.15, 0.2) is 24.3 Å². The highest BCUT2D eigenvalue weighted by Gasteiger charge is 2.59. The Morgan fingerprint density at radius 1 is 0.953 bits per heavy atom. The fourth-order valence-corrected chi connectivity index (χ4v) is 8.31. The largest absolute Gasteiger partial charge is 0.458 e. The Balaban J connectivity index is 1.72. The third-order valence-electron chi connectivity index (χ3n) is 10.3. The van der Waals surface area contributed by atoms with Gasteiger partial charge in [-0.3, -0.25) is 4.98 Å². The maximum absolute atomic E-state index is 14.2. The summed E-state index contributed by atoms with van der Waals surface area (Å²) in [5.41, 5.74) is 4.10. The van der Waals surface area contributed by atoms with Gasteiger partial charge >= 0.3 is 12.1 Å². The normalized spacial score (nSPS) is 23.6. The van der Waals surface area contributed by atoms with E-state index in [9.17, 15) is 22.0 Å². The predicted molar refractivity (Wildman–Crippen MR) is 161 cm³/mol. The lowest BCUT2D eigenvalue weighted by atomic mass is 9.70. The van der Waals surface area contributed by atoms with Crippen LogP contribution in [-0.4, -0.2) is 19.5 Å². The van der Waals surface area contributed by atoms with Crippen LogP contribution in [0, 0.1) is 5.41 Å². The Bertz CT molecular complexity index is 1370. The maximum atomic E-state index is 14.2. The maximum Gasteiger partial charge on any atom is 0.458 e. The summed E-state index contributed by atoms with van der Waals surface area (Å²) in [5.74, 6) is -4.88. The van der Waals surface area contributed by atoms with Crippen LogP contribution in [0.25, 0.3) is 0 Å². The van der Waals surface area contributed by atoms with Crippen molar-refractivity contribution in [2.75, 3.05) is 0 Å². The third kappa shape index (κ3) is 5.49. The third-order valence-corrected chi connectivity index (χ3v) is 14.8. The van der Waals surface area contributed by atoms with Gasteiger partial charge in [-0.15, -0.1) is 0 Å². The average molecular weight is 624 g/mol. The Labute approximate surface area is 254 Å². The van der Waals surface area contributed by atoms with E-state index < -0.39 is 37.7 Å². The van der Waals surface area contributed by atoms with E-state index in [1.54, 1.807) is 0 Å². The van der Waals surface area contributed by atoms with Gasteiger partial charge in [0, 0.05) is 28.1 Å². The van der Waals surface area contributed by atoms with E-state index in [0.717, 1.165) is 78.7 Å². The average Bonchev–Trinajstić information content (AvgIpc) is 3.46. The van der Waals surface area contributed by atoms with Gasteiger partial charge in [-0.2, -0.15) is 22.0 Å². The van der Waals surface area contributed by atoms with Crippen molar-refractivity contribution in [3.05, 3.63) is 63.5 Å². The van der Waals surface area contributed by atoms with Crippen molar-refractivity contribution in [3.63, 3.8) is 0 Å². The van der Waals surface area contributed by atoms with Gasteiger partial charge in [-0.05, 0) is 66.3 Å². The standard InChI is InChI=1S/C34H46F5NO2Si/c1-20(2)28-26-27(25-23(40-28)18-31(6,7)19-24(25)42-43(8,9)30(3,4)5)32(16-10-11-17-32)41-29(26)21-12-14-22(15-13-21)33(35,36)34(37,38)39/h12-15,20,24,29H,10-11,16-19H2,1-9H3/t24?,29-/m1/s1. The van der Waals surface area contributed by atoms with Crippen LogP contribution in [-0.2, 0) is 27.1 Å². The van der Waals surface area contributed by atoms with Crippen molar-refractivity contribution in [2.24, 2.45) is 5.41 Å². The number of hydrogen-bond donors (Lipinski definition) is 0. The quantitative estimate of drug-likeness (QED) is 0.245. The Hall–Kier alpha value is -1.84. The zero-order chi connectivity index (χ0) is 32.0. The second-order valence-corrected chi connectivity index (χ2v) is 20.4. The number of aromatic nitrogens is 1. The van der Waals surface area contributed by atoms with E-state index in [1.165, 1.54) is 12.1 Å². The number of benzene rings is 1. The van der Waals surface area contributed by atoms with Crippen LogP contribution >= 0.6 is 0 Å². The van der Waals surface area contributed by atoms with E-state index >= 15 is 0 Å². The summed E-state index contributed by atoms with van der Waals surface area (Å²) in [4.78, 5) is 5.33. The summed E-state index contributed by atoms with van der Waals surface area (Å²) >= 11 is 0. The minimum atomic E-state index is -5.67. The number of ether oxygens (including phenoxy) is 1. The number of hydrogen-bond acceptors (Lipinski definition) is 3. The van der Waals surface area contributed by atoms with Gasteiger partial charge in [0.05, 0.1) is 11.7 Å². The summed E-state index contributed by atoms with van der Waals surface area (Å²) < 4.78 is 81.9. The molecule has 3 nitrogen and oxygen atoms in total. The first-order valence-electron chi connectivity index (χ1n) is 15.6. The van der Waals surface area contributed by atoms with Crippen LogP contribution in [0.2, 0.25) is 18.1 Å². The summed E-state index contributed by atoms with van der Waals surface area (Å²) in [6, 6.07) is 4.51. The lowest BCUT2D eigenvalue weighted by Crippen LogP contribution is -2.44. The number of nitrogens with zero attached hydrogens (tertiary/aromatic N) is 1. The lowest BCUT2D eigenvalue weighted by Gasteiger charge is -2.45. The molecule has 2 heterocycles. The highest BCUT2D eigenvalue weighted by molar-refractivity contribution is 6.74. The van der Waals surface area contributed by atoms with Gasteiger partial charge in [0.25, 0.3) is 0 Å². The zero-order valence-electron chi connectivity index (χ0n) is 26.9. The second-order valence-electron chi connectivity index (χ2n) is 15.6. The smallest absolute Gasteiger partial charge is 0.410 e. The van der Waals surface area contributed by atoms with E-state index in [0.29, 0.717) is 5.56 Å². The number of fused-ring (bicyclic) bond motifs is 4. The van der Waals surface area contributed by atoms with E-state index in [-0.39, 0.29) is 22.5 Å². The van der Waals surface area contributed by atoms with Crippen LogP contribution in [0.3, 0.4) is 0 Å². The van der Waals surface area contributed by atoms with E-state index in [2.05, 4.69) is 61.6 Å².